The van der Waals surface area contributed by atoms with Crippen molar-refractivity contribution < 1.29 is 18.3 Å². The largest absolute Gasteiger partial charge is 0.493 e. The summed E-state index contributed by atoms with van der Waals surface area (Å²) in [6.07, 6.45) is 5.47. The highest BCUT2D eigenvalue weighted by Crippen LogP contribution is 2.32. The molecule has 0 N–H and O–H groups in total. The Morgan fingerprint density at radius 1 is 1.00 bits per heavy atom. The number of halogens is 2. The molecule has 1 aromatic rings. The molecule has 0 bridgehead atoms. The molecule has 2 nitrogen and oxygen atoms in total. The summed E-state index contributed by atoms with van der Waals surface area (Å²) in [4.78, 5) is 0. The first-order valence-electron chi connectivity index (χ1n) is 5.90. The molecule has 17 heavy (non-hydrogen) atoms. The lowest BCUT2D eigenvalue weighted by atomic mass is 9.98. The number of methoxy groups -OCH3 is 1. The zero-order valence-electron chi connectivity index (χ0n) is 9.84. The minimum Gasteiger partial charge on any atom is -0.493 e. The SMILES string of the molecule is COc1cc(F)c(F)cc1OC1CCCCC1. The van der Waals surface area contributed by atoms with E-state index in [1.165, 1.54) is 13.5 Å². The van der Waals surface area contributed by atoms with Gasteiger partial charge in [-0.15, -0.1) is 0 Å². The predicted molar refractivity (Wildman–Crippen MR) is 60.4 cm³/mol. The highest BCUT2D eigenvalue weighted by molar-refractivity contribution is 5.40. The second kappa shape index (κ2) is 5.34. The minimum absolute atomic E-state index is 0.0857. The highest BCUT2D eigenvalue weighted by atomic mass is 19.2. The van der Waals surface area contributed by atoms with Gasteiger partial charge in [0.25, 0.3) is 0 Å². The van der Waals surface area contributed by atoms with Crippen molar-refractivity contribution >= 4 is 0 Å². The molecule has 0 spiro atoms. The fraction of sp³-hybridized carbons (Fsp3) is 0.538. The van der Waals surface area contributed by atoms with Crippen LogP contribution in [0.5, 0.6) is 11.5 Å². The van der Waals surface area contributed by atoms with E-state index in [0.29, 0.717) is 5.75 Å². The van der Waals surface area contributed by atoms with E-state index in [1.54, 1.807) is 0 Å². The van der Waals surface area contributed by atoms with Crippen molar-refractivity contribution in [1.82, 2.24) is 0 Å². The Morgan fingerprint density at radius 3 is 2.18 bits per heavy atom. The fourth-order valence-electron chi connectivity index (χ4n) is 2.12. The standard InChI is InChI=1S/C13H16F2O2/c1-16-12-7-10(14)11(15)8-13(12)17-9-5-3-2-4-6-9/h7-9H,2-6H2,1H3. The topological polar surface area (TPSA) is 18.5 Å². The normalized spacial score (nSPS) is 16.9. The van der Waals surface area contributed by atoms with Crippen molar-refractivity contribution in [3.8, 4) is 11.5 Å². The molecule has 0 radical (unpaired) electrons. The third-order valence-electron chi connectivity index (χ3n) is 3.05. The predicted octanol–water partition coefficient (Wildman–Crippen LogP) is 3.68. The second-order valence-electron chi connectivity index (χ2n) is 4.30. The monoisotopic (exact) mass is 242 g/mol. The van der Waals surface area contributed by atoms with Crippen LogP contribution in [-0.2, 0) is 0 Å². The lowest BCUT2D eigenvalue weighted by Crippen LogP contribution is -2.20. The second-order valence-corrected chi connectivity index (χ2v) is 4.30. The average molecular weight is 242 g/mol. The van der Waals surface area contributed by atoms with Gasteiger partial charge in [-0.1, -0.05) is 6.42 Å². The van der Waals surface area contributed by atoms with Crippen LogP contribution in [0.2, 0.25) is 0 Å². The van der Waals surface area contributed by atoms with Crippen LogP contribution in [-0.4, -0.2) is 13.2 Å². The van der Waals surface area contributed by atoms with Crippen molar-refractivity contribution in [1.29, 1.82) is 0 Å². The van der Waals surface area contributed by atoms with E-state index in [0.717, 1.165) is 37.8 Å². The van der Waals surface area contributed by atoms with Crippen LogP contribution in [0.15, 0.2) is 12.1 Å². The summed E-state index contributed by atoms with van der Waals surface area (Å²) in [6, 6.07) is 2.08. The van der Waals surface area contributed by atoms with E-state index in [2.05, 4.69) is 0 Å². The molecule has 1 aliphatic carbocycles. The number of hydrogen-bond acceptors (Lipinski definition) is 2. The maximum atomic E-state index is 13.1. The zero-order chi connectivity index (χ0) is 12.3. The molecule has 1 fully saturated rings. The van der Waals surface area contributed by atoms with Crippen LogP contribution in [0.3, 0.4) is 0 Å². The Bertz CT molecular complexity index is 387. The van der Waals surface area contributed by atoms with Crippen molar-refractivity contribution in [2.45, 2.75) is 38.2 Å². The van der Waals surface area contributed by atoms with Crippen molar-refractivity contribution in [2.24, 2.45) is 0 Å². The average Bonchev–Trinajstić information content (AvgIpc) is 2.35. The lowest BCUT2D eigenvalue weighted by molar-refractivity contribution is 0.148. The highest BCUT2D eigenvalue weighted by Gasteiger charge is 2.18. The Morgan fingerprint density at radius 2 is 1.59 bits per heavy atom. The smallest absolute Gasteiger partial charge is 0.164 e. The van der Waals surface area contributed by atoms with Gasteiger partial charge in [-0.25, -0.2) is 8.78 Å². The van der Waals surface area contributed by atoms with Gasteiger partial charge in [-0.05, 0) is 25.7 Å². The summed E-state index contributed by atoms with van der Waals surface area (Å²) < 4.78 is 36.8. The molecule has 0 amide bonds. The molecular weight excluding hydrogens is 226 g/mol. The molecule has 1 saturated carbocycles. The first-order valence-corrected chi connectivity index (χ1v) is 5.90. The molecule has 0 heterocycles. The summed E-state index contributed by atoms with van der Waals surface area (Å²) in [5, 5.41) is 0. The summed E-state index contributed by atoms with van der Waals surface area (Å²) in [5.74, 6) is -1.29. The lowest BCUT2D eigenvalue weighted by Gasteiger charge is -2.23. The maximum Gasteiger partial charge on any atom is 0.164 e. The van der Waals surface area contributed by atoms with E-state index in [-0.39, 0.29) is 11.9 Å². The van der Waals surface area contributed by atoms with Crippen LogP contribution in [0, 0.1) is 11.6 Å². The summed E-state index contributed by atoms with van der Waals surface area (Å²) in [6.45, 7) is 0. The summed E-state index contributed by atoms with van der Waals surface area (Å²) >= 11 is 0. The summed E-state index contributed by atoms with van der Waals surface area (Å²) in [7, 11) is 1.42. The Balaban J connectivity index is 2.15. The van der Waals surface area contributed by atoms with Crippen molar-refractivity contribution in [3.63, 3.8) is 0 Å². The number of hydrogen-bond donors (Lipinski definition) is 0. The number of ether oxygens (including phenoxy) is 2. The number of benzene rings is 1. The molecule has 0 aliphatic heterocycles. The Labute approximate surface area is 99.5 Å². The van der Waals surface area contributed by atoms with Gasteiger partial charge in [-0.2, -0.15) is 0 Å². The first kappa shape index (κ1) is 12.1. The van der Waals surface area contributed by atoms with Crippen LogP contribution >= 0.6 is 0 Å². The molecule has 2 rings (SSSR count). The molecule has 4 heteroatoms. The van der Waals surface area contributed by atoms with Crippen LogP contribution in [0.1, 0.15) is 32.1 Å². The molecule has 1 aliphatic rings. The quantitative estimate of drug-likeness (QED) is 0.804. The van der Waals surface area contributed by atoms with Crippen molar-refractivity contribution in [3.05, 3.63) is 23.8 Å². The molecule has 0 atom stereocenters. The van der Waals surface area contributed by atoms with E-state index < -0.39 is 11.6 Å². The third kappa shape index (κ3) is 2.87. The van der Waals surface area contributed by atoms with Crippen molar-refractivity contribution in [2.75, 3.05) is 7.11 Å². The Hall–Kier alpha value is -1.32. The van der Waals surface area contributed by atoms with Gasteiger partial charge in [0.1, 0.15) is 0 Å². The van der Waals surface area contributed by atoms with E-state index >= 15 is 0 Å². The van der Waals surface area contributed by atoms with Gasteiger partial charge in [-0.3, -0.25) is 0 Å². The van der Waals surface area contributed by atoms with E-state index in [9.17, 15) is 8.78 Å². The summed E-state index contributed by atoms with van der Waals surface area (Å²) in [5.41, 5.74) is 0. The Kier molecular flexibility index (Phi) is 3.82. The van der Waals surface area contributed by atoms with Gasteiger partial charge in [0.15, 0.2) is 23.1 Å². The molecule has 94 valence electrons. The molecule has 0 saturated heterocycles. The van der Waals surface area contributed by atoms with Gasteiger partial charge in [0.2, 0.25) is 0 Å². The third-order valence-corrected chi connectivity index (χ3v) is 3.05. The van der Waals surface area contributed by atoms with Gasteiger partial charge >= 0.3 is 0 Å². The van der Waals surface area contributed by atoms with Gasteiger partial charge in [0, 0.05) is 12.1 Å². The van der Waals surface area contributed by atoms with Crippen LogP contribution in [0.4, 0.5) is 8.78 Å². The van der Waals surface area contributed by atoms with Gasteiger partial charge < -0.3 is 9.47 Å². The van der Waals surface area contributed by atoms with Crippen LogP contribution in [0.25, 0.3) is 0 Å². The maximum absolute atomic E-state index is 13.1. The fourth-order valence-corrected chi connectivity index (χ4v) is 2.12. The van der Waals surface area contributed by atoms with E-state index in [1.807, 2.05) is 0 Å². The minimum atomic E-state index is -0.919. The first-order chi connectivity index (χ1) is 8.20. The number of rotatable bonds is 3. The van der Waals surface area contributed by atoms with Gasteiger partial charge in [0.05, 0.1) is 13.2 Å². The molecule has 0 unspecified atom stereocenters. The molecule has 1 aromatic carbocycles. The molecule has 0 aromatic heterocycles. The van der Waals surface area contributed by atoms with Crippen LogP contribution < -0.4 is 9.47 Å². The molecular formula is C13H16F2O2. The van der Waals surface area contributed by atoms with E-state index in [4.69, 9.17) is 9.47 Å². The zero-order valence-corrected chi connectivity index (χ0v) is 9.84.